The standard InChI is InChI=1S/C22H16N4O2S2/c1-30(27,28)18-8-6-15(7-9-18)17-12-23-26(13-17)22-24-20-5-3-2-4-19(20)21(25-22)16-10-11-29-14-16/h2-14H,1H3. The maximum atomic E-state index is 11.7. The lowest BCUT2D eigenvalue weighted by atomic mass is 10.1. The van der Waals surface area contributed by atoms with E-state index in [1.54, 1.807) is 46.5 Å². The number of hydrogen-bond acceptors (Lipinski definition) is 6. The van der Waals surface area contributed by atoms with Crippen molar-refractivity contribution >= 4 is 32.1 Å². The molecule has 0 amide bonds. The summed E-state index contributed by atoms with van der Waals surface area (Å²) in [4.78, 5) is 9.76. The topological polar surface area (TPSA) is 77.7 Å². The zero-order valence-corrected chi connectivity index (χ0v) is 17.6. The molecule has 5 aromatic rings. The quantitative estimate of drug-likeness (QED) is 0.414. The van der Waals surface area contributed by atoms with Crippen LogP contribution in [0.4, 0.5) is 0 Å². The molecule has 3 heterocycles. The summed E-state index contributed by atoms with van der Waals surface area (Å²) in [6.45, 7) is 0. The first-order valence-electron chi connectivity index (χ1n) is 9.14. The fourth-order valence-corrected chi connectivity index (χ4v) is 4.53. The highest BCUT2D eigenvalue weighted by Gasteiger charge is 2.13. The first kappa shape index (κ1) is 18.7. The van der Waals surface area contributed by atoms with Crippen LogP contribution in [0, 0.1) is 0 Å². The predicted octanol–water partition coefficient (Wildman–Crippen LogP) is 4.61. The molecular formula is C22H16N4O2S2. The molecule has 6 nitrogen and oxygen atoms in total. The van der Waals surface area contributed by atoms with Crippen LogP contribution in [0.25, 0.3) is 39.2 Å². The highest BCUT2D eigenvalue weighted by atomic mass is 32.2. The van der Waals surface area contributed by atoms with Gasteiger partial charge in [0, 0.05) is 34.3 Å². The van der Waals surface area contributed by atoms with Gasteiger partial charge in [0.15, 0.2) is 9.84 Å². The van der Waals surface area contributed by atoms with Gasteiger partial charge in [0.2, 0.25) is 0 Å². The Kier molecular flexibility index (Phi) is 4.45. The molecule has 0 spiro atoms. The highest BCUT2D eigenvalue weighted by molar-refractivity contribution is 7.90. The van der Waals surface area contributed by atoms with E-state index in [1.165, 1.54) is 6.26 Å². The van der Waals surface area contributed by atoms with Crippen molar-refractivity contribution in [2.45, 2.75) is 4.90 Å². The van der Waals surface area contributed by atoms with Crippen LogP contribution in [0.5, 0.6) is 0 Å². The summed E-state index contributed by atoms with van der Waals surface area (Å²) in [5.74, 6) is 0.480. The summed E-state index contributed by atoms with van der Waals surface area (Å²) in [5.41, 5.74) is 4.48. The smallest absolute Gasteiger partial charge is 0.224 e. The molecule has 0 fully saturated rings. The number of nitrogens with zero attached hydrogens (tertiary/aromatic N) is 4. The normalized spacial score (nSPS) is 11.8. The Morgan fingerprint density at radius 2 is 1.70 bits per heavy atom. The minimum absolute atomic E-state index is 0.289. The van der Waals surface area contributed by atoms with E-state index in [2.05, 4.69) is 15.5 Å². The number of sulfone groups is 1. The predicted molar refractivity (Wildman–Crippen MR) is 119 cm³/mol. The van der Waals surface area contributed by atoms with E-state index in [4.69, 9.17) is 4.98 Å². The largest absolute Gasteiger partial charge is 0.251 e. The third kappa shape index (κ3) is 3.40. The van der Waals surface area contributed by atoms with E-state index in [1.807, 2.05) is 41.9 Å². The van der Waals surface area contributed by atoms with Crippen LogP contribution in [-0.4, -0.2) is 34.4 Å². The van der Waals surface area contributed by atoms with Crippen LogP contribution < -0.4 is 0 Å². The van der Waals surface area contributed by atoms with Crippen LogP contribution in [0.1, 0.15) is 0 Å². The molecule has 0 N–H and O–H groups in total. The van der Waals surface area contributed by atoms with Crippen molar-refractivity contribution in [2.24, 2.45) is 0 Å². The third-order valence-corrected chi connectivity index (χ3v) is 6.60. The van der Waals surface area contributed by atoms with E-state index in [0.29, 0.717) is 5.95 Å². The molecule has 0 aliphatic carbocycles. The lowest BCUT2D eigenvalue weighted by molar-refractivity contribution is 0.602. The van der Waals surface area contributed by atoms with Crippen molar-refractivity contribution in [3.63, 3.8) is 0 Å². The number of benzene rings is 2. The van der Waals surface area contributed by atoms with Gasteiger partial charge >= 0.3 is 0 Å². The molecule has 30 heavy (non-hydrogen) atoms. The van der Waals surface area contributed by atoms with Gasteiger partial charge < -0.3 is 0 Å². The second-order valence-corrected chi connectivity index (χ2v) is 9.67. The van der Waals surface area contributed by atoms with E-state index in [9.17, 15) is 8.42 Å². The molecule has 0 atom stereocenters. The minimum Gasteiger partial charge on any atom is -0.224 e. The molecule has 0 saturated heterocycles. The van der Waals surface area contributed by atoms with Gasteiger partial charge in [0.1, 0.15) is 0 Å². The molecule has 0 aliphatic rings. The van der Waals surface area contributed by atoms with Crippen molar-refractivity contribution in [1.82, 2.24) is 19.7 Å². The Bertz CT molecular complexity index is 1460. The zero-order chi connectivity index (χ0) is 20.7. The minimum atomic E-state index is -3.23. The molecule has 0 saturated carbocycles. The summed E-state index contributed by atoms with van der Waals surface area (Å²) in [6, 6.07) is 16.7. The van der Waals surface area contributed by atoms with Crippen LogP contribution in [0.15, 0.2) is 82.6 Å². The van der Waals surface area contributed by atoms with Gasteiger partial charge in [-0.1, -0.05) is 30.3 Å². The van der Waals surface area contributed by atoms with Crippen molar-refractivity contribution in [2.75, 3.05) is 6.26 Å². The molecule has 0 radical (unpaired) electrons. The molecule has 0 aliphatic heterocycles. The fourth-order valence-electron chi connectivity index (χ4n) is 3.26. The van der Waals surface area contributed by atoms with Gasteiger partial charge in [0.25, 0.3) is 5.95 Å². The lowest BCUT2D eigenvalue weighted by Gasteiger charge is -2.07. The van der Waals surface area contributed by atoms with Gasteiger partial charge in [-0.15, -0.1) is 0 Å². The number of para-hydroxylation sites is 1. The zero-order valence-electron chi connectivity index (χ0n) is 15.9. The summed E-state index contributed by atoms with van der Waals surface area (Å²) in [5, 5.41) is 9.52. The fraction of sp³-hybridized carbons (Fsp3) is 0.0455. The Balaban J connectivity index is 1.58. The Morgan fingerprint density at radius 3 is 2.43 bits per heavy atom. The van der Waals surface area contributed by atoms with Crippen LogP contribution >= 0.6 is 11.3 Å². The second kappa shape index (κ2) is 7.16. The average molecular weight is 433 g/mol. The molecule has 8 heteroatoms. The van der Waals surface area contributed by atoms with Crippen molar-refractivity contribution in [3.8, 4) is 28.3 Å². The van der Waals surface area contributed by atoms with Crippen LogP contribution in [0.3, 0.4) is 0 Å². The van der Waals surface area contributed by atoms with E-state index >= 15 is 0 Å². The van der Waals surface area contributed by atoms with Gasteiger partial charge in [-0.25, -0.2) is 23.1 Å². The number of rotatable bonds is 4. The SMILES string of the molecule is CS(=O)(=O)c1ccc(-c2cnn(-c3nc(-c4ccsc4)c4ccccc4n3)c2)cc1. The first-order chi connectivity index (χ1) is 14.5. The Labute approximate surface area is 177 Å². The van der Waals surface area contributed by atoms with E-state index in [-0.39, 0.29) is 4.90 Å². The third-order valence-electron chi connectivity index (χ3n) is 4.79. The number of aromatic nitrogens is 4. The molecule has 0 unspecified atom stereocenters. The molecule has 0 bridgehead atoms. The highest BCUT2D eigenvalue weighted by Crippen LogP contribution is 2.29. The second-order valence-electron chi connectivity index (χ2n) is 6.87. The maximum Gasteiger partial charge on any atom is 0.251 e. The van der Waals surface area contributed by atoms with Crippen molar-refractivity contribution in [3.05, 3.63) is 77.8 Å². The van der Waals surface area contributed by atoms with Gasteiger partial charge in [-0.3, -0.25) is 0 Å². The Hall–Kier alpha value is -3.36. The van der Waals surface area contributed by atoms with Gasteiger partial charge in [0.05, 0.1) is 22.3 Å². The summed E-state index contributed by atoms with van der Waals surface area (Å²) >= 11 is 1.62. The molecule has 148 valence electrons. The summed E-state index contributed by atoms with van der Waals surface area (Å²) < 4.78 is 25.0. The molecule has 3 aromatic heterocycles. The van der Waals surface area contributed by atoms with Gasteiger partial charge in [-0.05, 0) is 35.2 Å². The van der Waals surface area contributed by atoms with Crippen LogP contribution in [0.2, 0.25) is 0 Å². The number of hydrogen-bond donors (Lipinski definition) is 0. The lowest BCUT2D eigenvalue weighted by Crippen LogP contribution is -2.03. The molecule has 5 rings (SSSR count). The number of fused-ring (bicyclic) bond motifs is 1. The average Bonchev–Trinajstić information content (AvgIpc) is 3.45. The molecular weight excluding hydrogens is 416 g/mol. The van der Waals surface area contributed by atoms with E-state index < -0.39 is 9.84 Å². The van der Waals surface area contributed by atoms with E-state index in [0.717, 1.165) is 33.3 Å². The van der Waals surface area contributed by atoms with Gasteiger partial charge in [-0.2, -0.15) is 16.4 Å². The summed E-state index contributed by atoms with van der Waals surface area (Å²) in [7, 11) is -3.23. The van der Waals surface area contributed by atoms with Crippen LogP contribution in [-0.2, 0) is 9.84 Å². The van der Waals surface area contributed by atoms with Crippen molar-refractivity contribution < 1.29 is 8.42 Å². The Morgan fingerprint density at radius 1 is 0.900 bits per heavy atom. The van der Waals surface area contributed by atoms with Crippen molar-refractivity contribution in [1.29, 1.82) is 0 Å². The number of thiophene rings is 1. The monoisotopic (exact) mass is 432 g/mol. The molecule has 2 aromatic carbocycles. The first-order valence-corrected chi connectivity index (χ1v) is 12.0. The maximum absolute atomic E-state index is 11.7. The summed E-state index contributed by atoms with van der Waals surface area (Å²) in [6.07, 6.45) is 4.76.